The summed E-state index contributed by atoms with van der Waals surface area (Å²) in [5.41, 5.74) is 5.88. The molecule has 1 unspecified atom stereocenters. The van der Waals surface area contributed by atoms with E-state index in [1.807, 2.05) is 0 Å². The highest BCUT2D eigenvalue weighted by Crippen LogP contribution is 2.32. The van der Waals surface area contributed by atoms with Crippen molar-refractivity contribution in [3.8, 4) is 0 Å². The average Bonchev–Trinajstić information content (AvgIpc) is 2.18. The van der Waals surface area contributed by atoms with Crippen molar-refractivity contribution in [2.75, 3.05) is 6.54 Å². The molecule has 0 fully saturated rings. The molecule has 0 aromatic carbocycles. The highest BCUT2D eigenvalue weighted by molar-refractivity contribution is 5.26. The van der Waals surface area contributed by atoms with E-state index in [9.17, 15) is 0 Å². The maximum absolute atomic E-state index is 4.02. The fourth-order valence-corrected chi connectivity index (χ4v) is 1.64. The zero-order valence-electron chi connectivity index (χ0n) is 8.65. The van der Waals surface area contributed by atoms with Crippen LogP contribution in [0.3, 0.4) is 0 Å². The van der Waals surface area contributed by atoms with E-state index in [0.717, 1.165) is 13.0 Å². The third-order valence-electron chi connectivity index (χ3n) is 3.03. The Morgan fingerprint density at radius 1 is 1.46 bits per heavy atom. The van der Waals surface area contributed by atoms with Crippen molar-refractivity contribution in [2.24, 2.45) is 5.41 Å². The monoisotopic (exact) mass is 201 g/mol. The van der Waals surface area contributed by atoms with Crippen LogP contribution in [0.15, 0.2) is 23.8 Å². The summed E-state index contributed by atoms with van der Waals surface area (Å²) in [5, 5.41) is 0. The minimum absolute atomic E-state index is 0. The summed E-state index contributed by atoms with van der Waals surface area (Å²) in [7, 11) is 0. The van der Waals surface area contributed by atoms with Gasteiger partial charge in [0.15, 0.2) is 0 Å². The molecule has 1 aliphatic carbocycles. The molecule has 1 nitrogen and oxygen atoms in total. The second-order valence-corrected chi connectivity index (χ2v) is 3.64. The SMILES string of the molecule is CCC1=CCC(CC)(C[NH3+])C=C1.[Cl-]. The minimum Gasteiger partial charge on any atom is -1.00 e. The molecular formula is C11H20ClN. The van der Waals surface area contributed by atoms with Crippen molar-refractivity contribution in [1.82, 2.24) is 0 Å². The van der Waals surface area contributed by atoms with Gasteiger partial charge in [0.2, 0.25) is 0 Å². The van der Waals surface area contributed by atoms with Gasteiger partial charge in [-0.15, -0.1) is 0 Å². The fraction of sp³-hybridized carbons (Fsp3) is 0.636. The molecule has 13 heavy (non-hydrogen) atoms. The Bertz CT molecular complexity index is 202. The van der Waals surface area contributed by atoms with Gasteiger partial charge in [0.25, 0.3) is 0 Å². The normalized spacial score (nSPS) is 26.5. The Morgan fingerprint density at radius 2 is 2.15 bits per heavy atom. The number of allylic oxidation sites excluding steroid dienone is 3. The highest BCUT2D eigenvalue weighted by Gasteiger charge is 2.26. The molecule has 0 aliphatic heterocycles. The van der Waals surface area contributed by atoms with E-state index in [1.165, 1.54) is 18.4 Å². The summed E-state index contributed by atoms with van der Waals surface area (Å²) < 4.78 is 0. The zero-order valence-corrected chi connectivity index (χ0v) is 9.40. The van der Waals surface area contributed by atoms with E-state index in [4.69, 9.17) is 0 Å². The first kappa shape index (κ1) is 12.7. The van der Waals surface area contributed by atoms with E-state index in [2.05, 4.69) is 37.8 Å². The Morgan fingerprint density at radius 3 is 2.46 bits per heavy atom. The molecule has 0 radical (unpaired) electrons. The van der Waals surface area contributed by atoms with Crippen LogP contribution in [0.4, 0.5) is 0 Å². The van der Waals surface area contributed by atoms with Gasteiger partial charge in [0.1, 0.15) is 0 Å². The van der Waals surface area contributed by atoms with Gasteiger partial charge in [-0.1, -0.05) is 37.6 Å². The summed E-state index contributed by atoms with van der Waals surface area (Å²) in [6.07, 6.45) is 10.6. The molecule has 0 aromatic heterocycles. The van der Waals surface area contributed by atoms with Crippen LogP contribution in [0.2, 0.25) is 0 Å². The van der Waals surface area contributed by atoms with Crippen molar-refractivity contribution in [3.63, 3.8) is 0 Å². The molecule has 0 heterocycles. The average molecular weight is 202 g/mol. The number of quaternary nitrogens is 1. The largest absolute Gasteiger partial charge is 1.00 e. The third kappa shape index (κ3) is 2.85. The molecule has 0 saturated carbocycles. The number of hydrogen-bond acceptors (Lipinski definition) is 0. The van der Waals surface area contributed by atoms with Gasteiger partial charge in [-0.2, -0.15) is 0 Å². The van der Waals surface area contributed by atoms with Gasteiger partial charge in [0, 0.05) is 5.41 Å². The van der Waals surface area contributed by atoms with Crippen molar-refractivity contribution >= 4 is 0 Å². The molecule has 1 rings (SSSR count). The first-order valence-electron chi connectivity index (χ1n) is 4.94. The van der Waals surface area contributed by atoms with E-state index in [-0.39, 0.29) is 12.4 Å². The third-order valence-corrected chi connectivity index (χ3v) is 3.03. The summed E-state index contributed by atoms with van der Waals surface area (Å²) >= 11 is 0. The van der Waals surface area contributed by atoms with Crippen molar-refractivity contribution < 1.29 is 18.1 Å². The maximum atomic E-state index is 4.02. The van der Waals surface area contributed by atoms with E-state index in [1.54, 1.807) is 0 Å². The summed E-state index contributed by atoms with van der Waals surface area (Å²) in [4.78, 5) is 0. The number of halogens is 1. The van der Waals surface area contributed by atoms with Gasteiger partial charge < -0.3 is 18.1 Å². The summed E-state index contributed by atoms with van der Waals surface area (Å²) in [5.74, 6) is 0. The molecule has 0 amide bonds. The molecule has 1 atom stereocenters. The van der Waals surface area contributed by atoms with Gasteiger partial charge in [-0.05, 0) is 19.3 Å². The fourth-order valence-electron chi connectivity index (χ4n) is 1.64. The predicted octanol–water partition coefficient (Wildman–Crippen LogP) is -1.07. The Balaban J connectivity index is 0.00000144. The number of rotatable bonds is 3. The summed E-state index contributed by atoms with van der Waals surface area (Å²) in [6, 6.07) is 0. The van der Waals surface area contributed by atoms with Crippen LogP contribution in [0.5, 0.6) is 0 Å². The highest BCUT2D eigenvalue weighted by atomic mass is 35.5. The molecule has 0 saturated heterocycles. The van der Waals surface area contributed by atoms with E-state index in [0.29, 0.717) is 5.41 Å². The Labute approximate surface area is 87.5 Å². The quantitative estimate of drug-likeness (QED) is 0.602. The van der Waals surface area contributed by atoms with Gasteiger partial charge in [0.05, 0.1) is 6.54 Å². The van der Waals surface area contributed by atoms with Crippen molar-refractivity contribution in [2.45, 2.75) is 33.1 Å². The first-order valence-corrected chi connectivity index (χ1v) is 4.94. The van der Waals surface area contributed by atoms with E-state index < -0.39 is 0 Å². The van der Waals surface area contributed by atoms with Gasteiger partial charge in [-0.3, -0.25) is 0 Å². The standard InChI is InChI=1S/C11H19N.ClH/c1-3-10-5-7-11(4-2,9-12)8-6-10;/h5-7H,3-4,8-9,12H2,1-2H3;1H. The lowest BCUT2D eigenvalue weighted by Crippen LogP contribution is -3.00. The maximum Gasteiger partial charge on any atom is 0.0835 e. The Kier molecular flexibility index (Phi) is 5.34. The molecular weight excluding hydrogens is 182 g/mol. The van der Waals surface area contributed by atoms with Crippen LogP contribution in [0.1, 0.15) is 33.1 Å². The lowest BCUT2D eigenvalue weighted by molar-refractivity contribution is -0.388. The Hall–Kier alpha value is -0.270. The lowest BCUT2D eigenvalue weighted by atomic mass is 9.78. The van der Waals surface area contributed by atoms with Crippen LogP contribution in [0.25, 0.3) is 0 Å². The number of hydrogen-bond donors (Lipinski definition) is 1. The lowest BCUT2D eigenvalue weighted by Gasteiger charge is -2.27. The smallest absolute Gasteiger partial charge is 0.0835 e. The molecule has 0 bridgehead atoms. The molecule has 1 aliphatic rings. The van der Waals surface area contributed by atoms with E-state index >= 15 is 0 Å². The molecule has 0 aromatic rings. The van der Waals surface area contributed by atoms with Crippen LogP contribution in [0, 0.1) is 5.41 Å². The van der Waals surface area contributed by atoms with Crippen LogP contribution in [-0.4, -0.2) is 6.54 Å². The van der Waals surface area contributed by atoms with Crippen molar-refractivity contribution in [1.29, 1.82) is 0 Å². The van der Waals surface area contributed by atoms with Crippen molar-refractivity contribution in [3.05, 3.63) is 23.8 Å². The van der Waals surface area contributed by atoms with Crippen LogP contribution < -0.4 is 18.1 Å². The predicted molar refractivity (Wildman–Crippen MR) is 52.6 cm³/mol. The first-order chi connectivity index (χ1) is 5.76. The van der Waals surface area contributed by atoms with Gasteiger partial charge in [-0.25, -0.2) is 0 Å². The second-order valence-electron chi connectivity index (χ2n) is 3.64. The topological polar surface area (TPSA) is 27.6 Å². The molecule has 76 valence electrons. The molecule has 3 N–H and O–H groups in total. The van der Waals surface area contributed by atoms with Crippen LogP contribution in [-0.2, 0) is 0 Å². The minimum atomic E-state index is 0. The molecule has 2 heteroatoms. The second kappa shape index (κ2) is 5.46. The van der Waals surface area contributed by atoms with Gasteiger partial charge >= 0.3 is 0 Å². The zero-order chi connectivity index (χ0) is 9.03. The van der Waals surface area contributed by atoms with Crippen LogP contribution >= 0.6 is 0 Å². The summed E-state index contributed by atoms with van der Waals surface area (Å²) in [6.45, 7) is 5.48. The molecule has 0 spiro atoms.